The Hall–Kier alpha value is -4.57. The molecule has 0 bridgehead atoms. The van der Waals surface area contributed by atoms with Gasteiger partial charge in [0.25, 0.3) is 0 Å². The number of carbonyl (C=O) groups is 3. The van der Waals surface area contributed by atoms with Crippen LogP contribution in [0.1, 0.15) is 316 Å². The number of allylic oxidation sites excluding steroid dienone is 24. The molecule has 18 heteroatoms. The molecule has 0 fully saturated rings. The number of aliphatic hydroxyl groups is 2. The number of carbonyl (C=O) groups excluding carboxylic acids is 3. The number of hydrogen-bond acceptors (Lipinski definition) is 14. The van der Waals surface area contributed by atoms with Crippen molar-refractivity contribution in [3.05, 3.63) is 146 Å². The van der Waals surface area contributed by atoms with E-state index in [1.54, 1.807) is 0 Å². The molecule has 0 spiro atoms. The largest absolute Gasteiger partial charge is 0.472 e. The summed E-state index contributed by atoms with van der Waals surface area (Å²) in [5.74, 6) is -1.62. The molecule has 0 amide bonds. The molecule has 0 saturated heterocycles. The van der Waals surface area contributed by atoms with Crippen LogP contribution >= 0.6 is 15.6 Å². The van der Waals surface area contributed by atoms with Crippen molar-refractivity contribution in [2.45, 2.75) is 334 Å². The lowest BCUT2D eigenvalue weighted by atomic mass is 10.1. The Labute approximate surface area is 626 Å². The fraction of sp³-hybridized carbons (Fsp3) is 0.682. The highest BCUT2D eigenvalue weighted by Crippen LogP contribution is 2.45. The van der Waals surface area contributed by atoms with E-state index < -0.39 is 91.5 Å². The van der Waals surface area contributed by atoms with Crippen molar-refractivity contribution in [2.24, 2.45) is 0 Å². The van der Waals surface area contributed by atoms with E-state index >= 15 is 0 Å². The molecule has 0 aromatic carbocycles. The van der Waals surface area contributed by atoms with Crippen molar-refractivity contribution < 1.29 is 75.8 Å². The van der Waals surface area contributed by atoms with E-state index in [0.29, 0.717) is 19.3 Å². The van der Waals surface area contributed by atoms with Crippen molar-refractivity contribution in [1.82, 2.24) is 0 Å². The number of aliphatic hydroxyl groups excluding tert-OH is 2. The predicted octanol–water partition coefficient (Wildman–Crippen LogP) is 23.7. The van der Waals surface area contributed by atoms with Crippen LogP contribution in [0.3, 0.4) is 0 Å². The molecule has 5 unspecified atom stereocenters. The van der Waals surface area contributed by atoms with Gasteiger partial charge >= 0.3 is 33.6 Å². The molecule has 4 N–H and O–H groups in total. The van der Waals surface area contributed by atoms with Crippen LogP contribution in [0.4, 0.5) is 0 Å². The third-order valence-electron chi connectivity index (χ3n) is 16.5. The molecule has 0 saturated carbocycles. The maximum Gasteiger partial charge on any atom is 0.472 e. The van der Waals surface area contributed by atoms with Gasteiger partial charge in [0.1, 0.15) is 25.4 Å². The summed E-state index contributed by atoms with van der Waals surface area (Å²) < 4.78 is 61.2. The first-order chi connectivity index (χ1) is 50.2. The molecule has 103 heavy (non-hydrogen) atoms. The van der Waals surface area contributed by atoms with E-state index in [0.717, 1.165) is 154 Å². The fourth-order valence-corrected chi connectivity index (χ4v) is 12.0. The molecule has 0 heterocycles. The molecule has 590 valence electrons. The molecule has 0 radical (unpaired) electrons. The quantitative estimate of drug-likeness (QED) is 0.0146. The average molecular weight is 1480 g/mol. The molecule has 0 aliphatic rings. The van der Waals surface area contributed by atoms with Gasteiger partial charge in [-0.3, -0.25) is 32.5 Å². The first-order valence-corrected chi connectivity index (χ1v) is 43.1. The van der Waals surface area contributed by atoms with Gasteiger partial charge < -0.3 is 34.2 Å². The van der Waals surface area contributed by atoms with Crippen molar-refractivity contribution in [3.8, 4) is 0 Å². The molecule has 5 atom stereocenters. The smallest absolute Gasteiger partial charge is 0.463 e. The number of unbranched alkanes of at least 4 members (excludes halogenated alkanes) is 28. The molecule has 0 rings (SSSR count). The molecular formula is C85H144O16P2. The Kier molecular flexibility index (Phi) is 73.6. The normalized spacial score (nSPS) is 14.7. The summed E-state index contributed by atoms with van der Waals surface area (Å²) in [6.07, 6.45) is 94.5. The minimum atomic E-state index is -4.95. The van der Waals surface area contributed by atoms with Crippen LogP contribution in [0, 0.1) is 0 Å². The third kappa shape index (κ3) is 78.3. The molecule has 0 aromatic rings. The van der Waals surface area contributed by atoms with Crippen molar-refractivity contribution in [1.29, 1.82) is 0 Å². The summed E-state index contributed by atoms with van der Waals surface area (Å²) in [6.45, 7) is 2.48. The van der Waals surface area contributed by atoms with E-state index in [1.807, 2.05) is 0 Å². The van der Waals surface area contributed by atoms with Crippen molar-refractivity contribution in [2.75, 3.05) is 39.6 Å². The zero-order valence-corrected chi connectivity index (χ0v) is 66.2. The minimum Gasteiger partial charge on any atom is -0.463 e. The predicted molar refractivity (Wildman–Crippen MR) is 426 cm³/mol. The number of esters is 3. The van der Waals surface area contributed by atoms with Gasteiger partial charge in [-0.05, 0) is 148 Å². The van der Waals surface area contributed by atoms with Crippen LogP contribution < -0.4 is 0 Å². The lowest BCUT2D eigenvalue weighted by molar-refractivity contribution is -0.161. The monoisotopic (exact) mass is 1480 g/mol. The summed E-state index contributed by atoms with van der Waals surface area (Å²) in [7, 11) is -9.81. The highest BCUT2D eigenvalue weighted by molar-refractivity contribution is 7.47. The maximum absolute atomic E-state index is 13.0. The lowest BCUT2D eigenvalue weighted by Gasteiger charge is -2.21. The highest BCUT2D eigenvalue weighted by Gasteiger charge is 2.29. The van der Waals surface area contributed by atoms with Gasteiger partial charge in [-0.25, -0.2) is 9.13 Å². The lowest BCUT2D eigenvalue weighted by Crippen LogP contribution is -2.30. The number of hydrogen-bond donors (Lipinski definition) is 4. The number of rotatable bonds is 75. The zero-order valence-electron chi connectivity index (χ0n) is 64.4. The van der Waals surface area contributed by atoms with Gasteiger partial charge in [-0.15, -0.1) is 0 Å². The van der Waals surface area contributed by atoms with Gasteiger partial charge in [0.2, 0.25) is 0 Å². The Morgan fingerprint density at radius 2 is 0.515 bits per heavy atom. The van der Waals surface area contributed by atoms with Crippen molar-refractivity contribution >= 4 is 33.6 Å². The van der Waals surface area contributed by atoms with Gasteiger partial charge in [-0.1, -0.05) is 295 Å². The average Bonchev–Trinajstić information content (AvgIpc) is 0.936. The van der Waals surface area contributed by atoms with E-state index in [-0.39, 0.29) is 19.3 Å². The third-order valence-corrected chi connectivity index (χ3v) is 18.4. The van der Waals surface area contributed by atoms with Crippen LogP contribution in [-0.4, -0.2) is 95.9 Å². The number of phosphoric acid groups is 2. The van der Waals surface area contributed by atoms with Crippen LogP contribution in [0.15, 0.2) is 146 Å². The van der Waals surface area contributed by atoms with E-state index in [9.17, 15) is 43.5 Å². The second-order valence-electron chi connectivity index (χ2n) is 26.5. The molecule has 0 aliphatic heterocycles. The number of ether oxygens (including phenoxy) is 3. The SMILES string of the molecule is CC/C=C\C/C=C\C/C=C\C/C=C\CCCCCCC(=O)OC(COC(=O)CCCCCCCCCCC/C=C\C/C=C\C/C=C\C/C=C\CCCCC)COP(=O)(O)OCC(O)COP(=O)(O)OCC(O)COC(=O)CCCCCCCCCCC/C=C\C/C=C\C/C=C\C/C=C\CCCCC. The Morgan fingerprint density at radius 1 is 0.282 bits per heavy atom. The zero-order chi connectivity index (χ0) is 75.2. The number of phosphoric ester groups is 2. The highest BCUT2D eigenvalue weighted by atomic mass is 31.2. The second-order valence-corrected chi connectivity index (χ2v) is 29.4. The molecule has 0 aromatic heterocycles. The van der Waals surface area contributed by atoms with E-state index in [4.69, 9.17) is 32.3 Å². The van der Waals surface area contributed by atoms with Gasteiger partial charge in [0.05, 0.1) is 26.4 Å². The van der Waals surface area contributed by atoms with Crippen LogP contribution in [-0.2, 0) is 55.8 Å². The van der Waals surface area contributed by atoms with E-state index in [2.05, 4.69) is 167 Å². The van der Waals surface area contributed by atoms with Gasteiger partial charge in [0.15, 0.2) is 6.10 Å². The minimum absolute atomic E-state index is 0.0709. The summed E-state index contributed by atoms with van der Waals surface area (Å²) in [4.78, 5) is 58.7. The first kappa shape index (κ1) is 98.4. The summed E-state index contributed by atoms with van der Waals surface area (Å²) in [5.41, 5.74) is 0. The standard InChI is InChI=1S/C85H144O16P2/c1-4-7-10-13-16-19-22-25-28-31-33-35-37-39-41-43-45-48-50-53-56-59-62-65-68-71-83(88)95-74-80(86)75-97-102(91,92)98-76-81(87)77-99-103(93,94)100-79-82(101-85(90)73-70-67-64-61-58-55-52-47-30-27-24-21-18-15-12-9-6-3)78-96-84(89)72-69-66-63-60-57-54-51-49-46-44-42-40-38-36-34-32-29-26-23-20-17-14-11-8-5-2/h9,12,16-21,25-30,33-36,39-42,52,55,80-82,86-87H,4-8,10-11,13-15,22-24,31-32,37-38,43-51,53-54,56-79H2,1-3H3,(H,91,92)(H,93,94)/b12-9-,19-16-,20-17-,21-18-,28-25-,29-26-,30-27-,35-33-,36-34-,41-39-,42-40-,55-52-. The van der Waals surface area contributed by atoms with Crippen LogP contribution in [0.25, 0.3) is 0 Å². The summed E-state index contributed by atoms with van der Waals surface area (Å²) >= 11 is 0. The van der Waals surface area contributed by atoms with Crippen molar-refractivity contribution in [3.63, 3.8) is 0 Å². The Morgan fingerprint density at radius 3 is 0.816 bits per heavy atom. The van der Waals surface area contributed by atoms with E-state index in [1.165, 1.54) is 103 Å². The summed E-state index contributed by atoms with van der Waals surface area (Å²) in [5, 5.41) is 20.6. The summed E-state index contributed by atoms with van der Waals surface area (Å²) in [6, 6.07) is 0. The van der Waals surface area contributed by atoms with Crippen LogP contribution in [0.2, 0.25) is 0 Å². The Bertz CT molecular complexity index is 2450. The van der Waals surface area contributed by atoms with Gasteiger partial charge in [-0.2, -0.15) is 0 Å². The topological polar surface area (TPSA) is 231 Å². The first-order valence-electron chi connectivity index (χ1n) is 40.1. The molecule has 16 nitrogen and oxygen atoms in total. The molecular weight excluding hydrogens is 1340 g/mol. The fourth-order valence-electron chi connectivity index (χ4n) is 10.4. The Balaban J connectivity index is 4.66. The van der Waals surface area contributed by atoms with Gasteiger partial charge in [0, 0.05) is 19.3 Å². The van der Waals surface area contributed by atoms with Crippen LogP contribution in [0.5, 0.6) is 0 Å². The second kappa shape index (κ2) is 77.1. The molecule has 0 aliphatic carbocycles. The maximum atomic E-state index is 13.0.